The predicted molar refractivity (Wildman–Crippen MR) is 121 cm³/mol. The Balaban J connectivity index is 3.00. The maximum absolute atomic E-state index is 13.1. The number of ether oxygens (including phenoxy) is 1. The van der Waals surface area contributed by atoms with Crippen LogP contribution in [-0.4, -0.2) is 55.1 Å². The van der Waals surface area contributed by atoms with E-state index in [1.807, 2.05) is 30.3 Å². The second-order valence-corrected chi connectivity index (χ2v) is 8.64. The number of nitrogens with two attached hydrogens (primary N) is 1. The first-order valence-corrected chi connectivity index (χ1v) is 10.8. The number of hydrogen-bond acceptors (Lipinski definition) is 6. The monoisotopic (exact) mass is 434 g/mol. The van der Waals surface area contributed by atoms with Crippen molar-refractivity contribution in [2.24, 2.45) is 5.73 Å². The van der Waals surface area contributed by atoms with E-state index in [1.54, 1.807) is 34.7 Å². The Hall–Kier alpha value is -2.45. The van der Waals surface area contributed by atoms with Crippen LogP contribution in [0.25, 0.3) is 0 Å². The van der Waals surface area contributed by atoms with Gasteiger partial charge in [0.05, 0.1) is 6.04 Å². The number of carbonyl (C=O) groups excluding carboxylic acids is 3. The summed E-state index contributed by atoms with van der Waals surface area (Å²) in [6.07, 6.45) is 2.13. The summed E-state index contributed by atoms with van der Waals surface area (Å²) in [5, 5.41) is 8.44. The fourth-order valence-electron chi connectivity index (χ4n) is 2.87. The molecule has 0 unspecified atom stereocenters. The van der Waals surface area contributed by atoms with Crippen molar-refractivity contribution in [1.82, 2.24) is 16.0 Å². The van der Waals surface area contributed by atoms with Crippen LogP contribution >= 0.6 is 0 Å². The quantitative estimate of drug-likeness (QED) is 0.290. The average molecular weight is 435 g/mol. The number of likely N-dealkylation sites (N-methyl/N-ethyl adjacent to an activating group) is 1. The van der Waals surface area contributed by atoms with Gasteiger partial charge in [0.25, 0.3) is 0 Å². The zero-order chi connectivity index (χ0) is 23.4. The summed E-state index contributed by atoms with van der Waals surface area (Å²) in [5.74, 6) is -1.22. The summed E-state index contributed by atoms with van der Waals surface area (Å²) in [4.78, 5) is 38.2. The molecule has 31 heavy (non-hydrogen) atoms. The summed E-state index contributed by atoms with van der Waals surface area (Å²) >= 11 is 0. The number of benzene rings is 1. The summed E-state index contributed by atoms with van der Waals surface area (Å²) in [6.45, 7) is 7.55. The smallest absolute Gasteiger partial charge is 0.329 e. The summed E-state index contributed by atoms with van der Waals surface area (Å²) in [7, 11) is 1.67. The van der Waals surface area contributed by atoms with Gasteiger partial charge in [0.1, 0.15) is 17.7 Å². The van der Waals surface area contributed by atoms with Crippen LogP contribution in [0.4, 0.5) is 0 Å². The molecule has 2 amide bonds. The normalized spacial score (nSPS) is 14.3. The van der Waals surface area contributed by atoms with Crippen molar-refractivity contribution in [2.45, 2.75) is 77.1 Å². The first-order valence-electron chi connectivity index (χ1n) is 10.8. The molecule has 0 aliphatic heterocycles. The van der Waals surface area contributed by atoms with Crippen molar-refractivity contribution in [2.75, 3.05) is 13.6 Å². The minimum absolute atomic E-state index is 0.296. The molecule has 0 aromatic heterocycles. The Labute approximate surface area is 185 Å². The minimum Gasteiger partial charge on any atom is -0.458 e. The Bertz CT molecular complexity index is 703. The van der Waals surface area contributed by atoms with Gasteiger partial charge in [-0.25, -0.2) is 4.79 Å². The molecule has 0 spiro atoms. The molecule has 0 bridgehead atoms. The molecule has 0 radical (unpaired) electrons. The zero-order valence-electron chi connectivity index (χ0n) is 19.4. The maximum Gasteiger partial charge on any atom is 0.329 e. The molecule has 8 heteroatoms. The van der Waals surface area contributed by atoms with E-state index in [1.165, 1.54) is 0 Å². The van der Waals surface area contributed by atoms with Gasteiger partial charge in [-0.1, -0.05) is 30.3 Å². The minimum atomic E-state index is -0.829. The molecule has 0 aliphatic rings. The highest BCUT2D eigenvalue weighted by atomic mass is 16.6. The van der Waals surface area contributed by atoms with Gasteiger partial charge < -0.3 is 26.4 Å². The summed E-state index contributed by atoms with van der Waals surface area (Å²) in [6, 6.07) is 7.31. The number of amides is 2. The Morgan fingerprint density at radius 1 is 1.00 bits per heavy atom. The van der Waals surface area contributed by atoms with E-state index in [0.717, 1.165) is 12.0 Å². The third-order valence-electron chi connectivity index (χ3n) is 4.70. The van der Waals surface area contributed by atoms with Crippen LogP contribution in [0.15, 0.2) is 30.3 Å². The molecule has 0 saturated heterocycles. The van der Waals surface area contributed by atoms with E-state index in [0.29, 0.717) is 25.8 Å². The molecule has 3 atom stereocenters. The van der Waals surface area contributed by atoms with Crippen molar-refractivity contribution in [1.29, 1.82) is 0 Å². The molecule has 1 aromatic carbocycles. The fraction of sp³-hybridized carbons (Fsp3) is 0.609. The van der Waals surface area contributed by atoms with Gasteiger partial charge in [0.2, 0.25) is 11.8 Å². The van der Waals surface area contributed by atoms with Crippen LogP contribution < -0.4 is 21.7 Å². The van der Waals surface area contributed by atoms with Gasteiger partial charge in [0.15, 0.2) is 0 Å². The molecule has 1 aromatic rings. The van der Waals surface area contributed by atoms with Gasteiger partial charge in [-0.2, -0.15) is 0 Å². The largest absolute Gasteiger partial charge is 0.458 e. The zero-order valence-corrected chi connectivity index (χ0v) is 19.4. The summed E-state index contributed by atoms with van der Waals surface area (Å²) < 4.78 is 5.48. The highest BCUT2D eigenvalue weighted by Crippen LogP contribution is 2.12. The van der Waals surface area contributed by atoms with Crippen LogP contribution in [0.3, 0.4) is 0 Å². The first kappa shape index (κ1) is 26.6. The van der Waals surface area contributed by atoms with E-state index < -0.39 is 35.6 Å². The van der Waals surface area contributed by atoms with Gasteiger partial charge in [-0.15, -0.1) is 0 Å². The lowest BCUT2D eigenvalue weighted by atomic mass is 10.0. The first-order chi connectivity index (χ1) is 14.6. The van der Waals surface area contributed by atoms with E-state index in [2.05, 4.69) is 16.0 Å². The number of carbonyl (C=O) groups is 3. The third-order valence-corrected chi connectivity index (χ3v) is 4.70. The lowest BCUT2D eigenvalue weighted by molar-refractivity contribution is -0.159. The second kappa shape index (κ2) is 13.1. The molecule has 0 heterocycles. The van der Waals surface area contributed by atoms with E-state index in [4.69, 9.17) is 10.5 Å². The second-order valence-electron chi connectivity index (χ2n) is 8.64. The molecule has 5 N–H and O–H groups in total. The van der Waals surface area contributed by atoms with E-state index >= 15 is 0 Å². The molecule has 1 rings (SSSR count). The highest BCUT2D eigenvalue weighted by molar-refractivity contribution is 5.92. The predicted octanol–water partition coefficient (Wildman–Crippen LogP) is 1.28. The van der Waals surface area contributed by atoms with Crippen LogP contribution in [0.1, 0.15) is 52.5 Å². The molecular formula is C23H38N4O4. The van der Waals surface area contributed by atoms with Gasteiger partial charge in [-0.05, 0) is 66.1 Å². The molecule has 0 fully saturated rings. The Morgan fingerprint density at radius 3 is 2.16 bits per heavy atom. The van der Waals surface area contributed by atoms with Crippen molar-refractivity contribution in [3.05, 3.63) is 35.9 Å². The number of rotatable bonds is 12. The Morgan fingerprint density at radius 2 is 1.61 bits per heavy atom. The van der Waals surface area contributed by atoms with E-state index in [-0.39, 0.29) is 5.91 Å². The summed E-state index contributed by atoms with van der Waals surface area (Å²) in [5.41, 5.74) is 5.79. The van der Waals surface area contributed by atoms with Crippen LogP contribution in [0.5, 0.6) is 0 Å². The van der Waals surface area contributed by atoms with Gasteiger partial charge >= 0.3 is 5.97 Å². The van der Waals surface area contributed by atoms with Gasteiger partial charge in [0, 0.05) is 6.42 Å². The molecule has 0 saturated carbocycles. The lowest BCUT2D eigenvalue weighted by Crippen LogP contribution is -2.55. The van der Waals surface area contributed by atoms with Crippen LogP contribution in [0.2, 0.25) is 0 Å². The average Bonchev–Trinajstić information content (AvgIpc) is 2.71. The Kier molecular flexibility index (Phi) is 11.2. The maximum atomic E-state index is 13.1. The third kappa shape index (κ3) is 10.4. The molecule has 8 nitrogen and oxygen atoms in total. The van der Waals surface area contributed by atoms with Crippen LogP contribution in [0, 0.1) is 0 Å². The van der Waals surface area contributed by atoms with Crippen molar-refractivity contribution >= 4 is 17.8 Å². The molecular weight excluding hydrogens is 396 g/mol. The SMILES string of the molecule is CN[C@@H](C)C(=O)N[C@@H](Cc1ccccc1)C(=O)N[C@@H](CCCCN)C(=O)OC(C)(C)C. The number of esters is 1. The van der Waals surface area contributed by atoms with Crippen molar-refractivity contribution in [3.8, 4) is 0 Å². The lowest BCUT2D eigenvalue weighted by Gasteiger charge is -2.27. The van der Waals surface area contributed by atoms with Crippen molar-refractivity contribution < 1.29 is 19.1 Å². The standard InChI is InChI=1S/C23H38N4O4/c1-16(25-5)20(28)27-19(15-17-11-7-6-8-12-17)21(29)26-18(13-9-10-14-24)22(30)31-23(2,3)4/h6-8,11-12,16,18-19,25H,9-10,13-15,24H2,1-5H3,(H,26,29)(H,27,28)/t16-,18-,19-/m0/s1. The number of nitrogens with one attached hydrogen (secondary N) is 3. The highest BCUT2D eigenvalue weighted by Gasteiger charge is 2.30. The molecule has 0 aliphatic carbocycles. The van der Waals surface area contributed by atoms with E-state index in [9.17, 15) is 14.4 Å². The van der Waals surface area contributed by atoms with Crippen LogP contribution in [-0.2, 0) is 25.5 Å². The number of unbranched alkanes of at least 4 members (excludes halogenated alkanes) is 1. The number of hydrogen-bond donors (Lipinski definition) is 4. The topological polar surface area (TPSA) is 123 Å². The van der Waals surface area contributed by atoms with Gasteiger partial charge in [-0.3, -0.25) is 9.59 Å². The fourth-order valence-corrected chi connectivity index (χ4v) is 2.87. The molecule has 174 valence electrons. The van der Waals surface area contributed by atoms with Crippen molar-refractivity contribution in [3.63, 3.8) is 0 Å².